The standard InChI is InChI=1S/C16H22O2/c1-6-8-12(3)14(7-2)15-10-9-13(17-4)11-16(15)18-5/h6,8-11,14H,1,7H2,2-5H3/b12-8+/t14-/m0/s1. The molecule has 98 valence electrons. The summed E-state index contributed by atoms with van der Waals surface area (Å²) in [6.45, 7) is 8.05. The lowest BCUT2D eigenvalue weighted by Crippen LogP contribution is -2.02. The predicted molar refractivity (Wildman–Crippen MR) is 76.5 cm³/mol. The highest BCUT2D eigenvalue weighted by Crippen LogP contribution is 2.36. The molecule has 0 aromatic heterocycles. The fraction of sp³-hybridized carbons (Fsp3) is 0.375. The van der Waals surface area contributed by atoms with Gasteiger partial charge < -0.3 is 9.47 Å². The van der Waals surface area contributed by atoms with Crippen molar-refractivity contribution in [2.45, 2.75) is 26.2 Å². The first kappa shape index (κ1) is 14.4. The van der Waals surface area contributed by atoms with Gasteiger partial charge in [-0.1, -0.05) is 37.3 Å². The van der Waals surface area contributed by atoms with Crippen LogP contribution >= 0.6 is 0 Å². The van der Waals surface area contributed by atoms with Gasteiger partial charge in [-0.3, -0.25) is 0 Å². The fourth-order valence-electron chi connectivity index (χ4n) is 2.20. The minimum atomic E-state index is 0.351. The second-order valence-electron chi connectivity index (χ2n) is 4.22. The van der Waals surface area contributed by atoms with E-state index in [0.29, 0.717) is 5.92 Å². The van der Waals surface area contributed by atoms with Crippen LogP contribution in [0.3, 0.4) is 0 Å². The van der Waals surface area contributed by atoms with Gasteiger partial charge in [0.25, 0.3) is 0 Å². The van der Waals surface area contributed by atoms with E-state index in [0.717, 1.165) is 17.9 Å². The Balaban J connectivity index is 3.20. The Morgan fingerprint density at radius 3 is 2.56 bits per heavy atom. The first-order valence-corrected chi connectivity index (χ1v) is 6.19. The van der Waals surface area contributed by atoms with Crippen LogP contribution < -0.4 is 9.47 Å². The molecule has 1 atom stereocenters. The first-order chi connectivity index (χ1) is 8.67. The minimum absolute atomic E-state index is 0.351. The van der Waals surface area contributed by atoms with Crippen LogP contribution in [0.4, 0.5) is 0 Å². The molecule has 0 unspecified atom stereocenters. The zero-order valence-corrected chi connectivity index (χ0v) is 11.7. The van der Waals surface area contributed by atoms with Crippen LogP contribution in [-0.4, -0.2) is 14.2 Å². The summed E-state index contributed by atoms with van der Waals surface area (Å²) in [5.74, 6) is 2.04. The molecule has 2 heteroatoms. The van der Waals surface area contributed by atoms with E-state index in [1.807, 2.05) is 18.2 Å². The third kappa shape index (κ3) is 3.16. The molecular weight excluding hydrogens is 224 g/mol. The van der Waals surface area contributed by atoms with Gasteiger partial charge in [-0.2, -0.15) is 0 Å². The molecular formula is C16H22O2. The smallest absolute Gasteiger partial charge is 0.126 e. The second kappa shape index (κ2) is 6.90. The second-order valence-corrected chi connectivity index (χ2v) is 4.22. The lowest BCUT2D eigenvalue weighted by molar-refractivity contribution is 0.389. The number of methoxy groups -OCH3 is 2. The Kier molecular flexibility index (Phi) is 5.50. The lowest BCUT2D eigenvalue weighted by atomic mass is 9.88. The van der Waals surface area contributed by atoms with Crippen molar-refractivity contribution in [1.82, 2.24) is 0 Å². The van der Waals surface area contributed by atoms with Crippen molar-refractivity contribution in [1.29, 1.82) is 0 Å². The Labute approximate surface area is 110 Å². The molecule has 0 spiro atoms. The van der Waals surface area contributed by atoms with Crippen molar-refractivity contribution in [3.05, 3.63) is 48.1 Å². The van der Waals surface area contributed by atoms with Gasteiger partial charge in [-0.05, 0) is 19.4 Å². The molecule has 0 aliphatic rings. The van der Waals surface area contributed by atoms with E-state index in [9.17, 15) is 0 Å². The zero-order valence-electron chi connectivity index (χ0n) is 11.7. The molecule has 0 fully saturated rings. The SMILES string of the molecule is C=C/C=C(\C)[C@H](CC)c1ccc(OC)cc1OC. The number of allylic oxidation sites excluding steroid dienone is 3. The molecule has 0 radical (unpaired) electrons. The van der Waals surface area contributed by atoms with Crippen molar-refractivity contribution in [2.75, 3.05) is 14.2 Å². The average Bonchev–Trinajstić information content (AvgIpc) is 2.40. The van der Waals surface area contributed by atoms with Crippen LogP contribution in [0.5, 0.6) is 11.5 Å². The van der Waals surface area contributed by atoms with Crippen LogP contribution in [-0.2, 0) is 0 Å². The van der Waals surface area contributed by atoms with E-state index in [4.69, 9.17) is 9.47 Å². The van der Waals surface area contributed by atoms with Crippen LogP contribution in [0, 0.1) is 0 Å². The summed E-state index contributed by atoms with van der Waals surface area (Å²) in [6.07, 6.45) is 4.91. The molecule has 18 heavy (non-hydrogen) atoms. The lowest BCUT2D eigenvalue weighted by Gasteiger charge is -2.19. The van der Waals surface area contributed by atoms with E-state index < -0.39 is 0 Å². The molecule has 0 heterocycles. The summed E-state index contributed by atoms with van der Waals surface area (Å²) < 4.78 is 10.7. The molecule has 1 aromatic carbocycles. The van der Waals surface area contributed by atoms with Gasteiger partial charge >= 0.3 is 0 Å². The number of rotatable bonds is 6. The third-order valence-corrected chi connectivity index (χ3v) is 3.15. The van der Waals surface area contributed by atoms with Crippen molar-refractivity contribution in [2.24, 2.45) is 0 Å². The highest BCUT2D eigenvalue weighted by atomic mass is 16.5. The van der Waals surface area contributed by atoms with Gasteiger partial charge in [0.2, 0.25) is 0 Å². The van der Waals surface area contributed by atoms with Crippen molar-refractivity contribution >= 4 is 0 Å². The van der Waals surface area contributed by atoms with Gasteiger partial charge in [-0.25, -0.2) is 0 Å². The highest BCUT2D eigenvalue weighted by molar-refractivity contribution is 5.45. The normalized spacial score (nSPS) is 13.0. The average molecular weight is 246 g/mol. The van der Waals surface area contributed by atoms with Crippen molar-refractivity contribution in [3.63, 3.8) is 0 Å². The Morgan fingerprint density at radius 1 is 1.33 bits per heavy atom. The molecule has 0 saturated heterocycles. The Bertz CT molecular complexity index is 433. The summed E-state index contributed by atoms with van der Waals surface area (Å²) in [4.78, 5) is 0. The monoisotopic (exact) mass is 246 g/mol. The number of benzene rings is 1. The summed E-state index contributed by atoms with van der Waals surface area (Å²) in [6, 6.07) is 5.98. The minimum Gasteiger partial charge on any atom is -0.497 e. The first-order valence-electron chi connectivity index (χ1n) is 6.19. The van der Waals surface area contributed by atoms with E-state index >= 15 is 0 Å². The third-order valence-electron chi connectivity index (χ3n) is 3.15. The summed E-state index contributed by atoms with van der Waals surface area (Å²) in [7, 11) is 3.35. The predicted octanol–water partition coefficient (Wildman–Crippen LogP) is 4.33. The molecule has 0 saturated carbocycles. The molecule has 0 N–H and O–H groups in total. The molecule has 0 bridgehead atoms. The van der Waals surface area contributed by atoms with Gasteiger partial charge in [0, 0.05) is 17.5 Å². The van der Waals surface area contributed by atoms with Gasteiger partial charge in [0.1, 0.15) is 11.5 Å². The summed E-state index contributed by atoms with van der Waals surface area (Å²) in [5, 5.41) is 0. The van der Waals surface area contributed by atoms with E-state index in [1.54, 1.807) is 14.2 Å². The maximum absolute atomic E-state index is 5.47. The van der Waals surface area contributed by atoms with E-state index in [1.165, 1.54) is 11.1 Å². The van der Waals surface area contributed by atoms with Crippen LogP contribution in [0.15, 0.2) is 42.5 Å². The molecule has 0 amide bonds. The van der Waals surface area contributed by atoms with Crippen molar-refractivity contribution in [3.8, 4) is 11.5 Å². The quantitative estimate of drug-likeness (QED) is 0.695. The molecule has 0 aliphatic carbocycles. The van der Waals surface area contributed by atoms with E-state index in [-0.39, 0.29) is 0 Å². The molecule has 0 aliphatic heterocycles. The highest BCUT2D eigenvalue weighted by Gasteiger charge is 2.16. The zero-order chi connectivity index (χ0) is 13.5. The summed E-state index contributed by atoms with van der Waals surface area (Å²) >= 11 is 0. The maximum atomic E-state index is 5.47. The summed E-state index contributed by atoms with van der Waals surface area (Å²) in [5.41, 5.74) is 2.48. The number of hydrogen-bond acceptors (Lipinski definition) is 2. The van der Waals surface area contributed by atoms with Crippen LogP contribution in [0.1, 0.15) is 31.7 Å². The number of ether oxygens (including phenoxy) is 2. The Morgan fingerprint density at radius 2 is 2.06 bits per heavy atom. The van der Waals surface area contributed by atoms with Crippen LogP contribution in [0.25, 0.3) is 0 Å². The molecule has 1 rings (SSSR count). The molecule has 2 nitrogen and oxygen atoms in total. The van der Waals surface area contributed by atoms with Gasteiger partial charge in [0.05, 0.1) is 14.2 Å². The van der Waals surface area contributed by atoms with Crippen molar-refractivity contribution < 1.29 is 9.47 Å². The van der Waals surface area contributed by atoms with Gasteiger partial charge in [-0.15, -0.1) is 0 Å². The fourth-order valence-corrected chi connectivity index (χ4v) is 2.20. The van der Waals surface area contributed by atoms with Gasteiger partial charge in [0.15, 0.2) is 0 Å². The maximum Gasteiger partial charge on any atom is 0.126 e. The van der Waals surface area contributed by atoms with E-state index in [2.05, 4.69) is 32.6 Å². The topological polar surface area (TPSA) is 18.5 Å². The Hall–Kier alpha value is -1.70. The number of hydrogen-bond donors (Lipinski definition) is 0. The largest absolute Gasteiger partial charge is 0.497 e. The molecule has 1 aromatic rings. The van der Waals surface area contributed by atoms with Crippen LogP contribution in [0.2, 0.25) is 0 Å².